The van der Waals surface area contributed by atoms with Crippen LogP contribution < -0.4 is 10.1 Å². The Morgan fingerprint density at radius 1 is 1.29 bits per heavy atom. The molecular weight excluding hydrogens is 326 g/mol. The Hall–Kier alpha value is -2.04. The van der Waals surface area contributed by atoms with E-state index >= 15 is 0 Å². The van der Waals surface area contributed by atoms with Crippen molar-refractivity contribution in [2.24, 2.45) is 0 Å². The number of carbonyl (C=O) groups excluding carboxylic acids is 1. The molecule has 2 aromatic carbocycles. The first kappa shape index (κ1) is 16.8. The van der Waals surface area contributed by atoms with Gasteiger partial charge in [0.2, 0.25) is 0 Å². The molecule has 1 unspecified atom stereocenters. The van der Waals surface area contributed by atoms with Gasteiger partial charge in [-0.1, -0.05) is 17.7 Å². The van der Waals surface area contributed by atoms with Crippen LogP contribution in [-0.4, -0.2) is 25.2 Å². The zero-order valence-electron chi connectivity index (χ0n) is 13.5. The first-order valence-electron chi connectivity index (χ1n) is 8.04. The van der Waals surface area contributed by atoms with E-state index < -0.39 is 0 Å². The van der Waals surface area contributed by atoms with E-state index in [4.69, 9.17) is 21.1 Å². The van der Waals surface area contributed by atoms with Gasteiger partial charge in [0.05, 0.1) is 6.10 Å². The molecule has 0 saturated carbocycles. The second kappa shape index (κ2) is 7.69. The molecule has 5 heteroatoms. The fourth-order valence-corrected chi connectivity index (χ4v) is 2.72. The first-order valence-corrected chi connectivity index (χ1v) is 8.41. The Labute approximate surface area is 146 Å². The number of hydrogen-bond donors (Lipinski definition) is 1. The lowest BCUT2D eigenvalue weighted by atomic mass is 10.2. The minimum absolute atomic E-state index is 0.180. The molecule has 3 rings (SSSR count). The van der Waals surface area contributed by atoms with Crippen LogP contribution in [0.4, 0.5) is 5.69 Å². The van der Waals surface area contributed by atoms with Crippen molar-refractivity contribution in [3.05, 3.63) is 58.6 Å². The van der Waals surface area contributed by atoms with E-state index in [0.29, 0.717) is 22.9 Å². The average molecular weight is 346 g/mol. The van der Waals surface area contributed by atoms with Crippen molar-refractivity contribution >= 4 is 23.2 Å². The molecule has 1 aliphatic heterocycles. The Balaban J connectivity index is 1.57. The molecule has 1 N–H and O–H groups in total. The highest BCUT2D eigenvalue weighted by Gasteiger charge is 2.16. The second-order valence-corrected chi connectivity index (χ2v) is 6.30. The molecule has 1 amide bonds. The SMILES string of the molecule is Cc1ccc(NC(=O)c2ccc(OCC3CCCO3)cc2)cc1Cl. The molecule has 1 atom stereocenters. The predicted octanol–water partition coefficient (Wildman–Crippen LogP) is 4.46. The van der Waals surface area contributed by atoms with Crippen LogP contribution in [0, 0.1) is 6.92 Å². The van der Waals surface area contributed by atoms with Gasteiger partial charge in [-0.3, -0.25) is 4.79 Å². The minimum Gasteiger partial charge on any atom is -0.491 e. The van der Waals surface area contributed by atoms with E-state index in [2.05, 4.69) is 5.32 Å². The van der Waals surface area contributed by atoms with E-state index in [-0.39, 0.29) is 12.0 Å². The number of aryl methyl sites for hydroxylation is 1. The predicted molar refractivity (Wildman–Crippen MR) is 95.1 cm³/mol. The summed E-state index contributed by atoms with van der Waals surface area (Å²) in [5.74, 6) is 0.557. The number of ether oxygens (including phenoxy) is 2. The van der Waals surface area contributed by atoms with Crippen LogP contribution in [0.5, 0.6) is 5.75 Å². The van der Waals surface area contributed by atoms with Crippen molar-refractivity contribution in [2.75, 3.05) is 18.5 Å². The van der Waals surface area contributed by atoms with Crippen LogP contribution >= 0.6 is 11.6 Å². The normalized spacial score (nSPS) is 16.8. The highest BCUT2D eigenvalue weighted by Crippen LogP contribution is 2.21. The van der Waals surface area contributed by atoms with Crippen LogP contribution in [-0.2, 0) is 4.74 Å². The number of rotatable bonds is 5. The lowest BCUT2D eigenvalue weighted by Gasteiger charge is -2.12. The number of hydrogen-bond acceptors (Lipinski definition) is 3. The maximum atomic E-state index is 12.3. The van der Waals surface area contributed by atoms with Gasteiger partial charge in [0.1, 0.15) is 12.4 Å². The topological polar surface area (TPSA) is 47.6 Å². The molecule has 0 spiro atoms. The summed E-state index contributed by atoms with van der Waals surface area (Å²) in [5.41, 5.74) is 2.22. The summed E-state index contributed by atoms with van der Waals surface area (Å²) in [6.45, 7) is 3.28. The van der Waals surface area contributed by atoms with E-state index in [1.165, 1.54) is 0 Å². The molecular formula is C19H20ClNO3. The molecule has 4 nitrogen and oxygen atoms in total. The Bertz CT molecular complexity index is 709. The Kier molecular flexibility index (Phi) is 5.38. The van der Waals surface area contributed by atoms with Crippen molar-refractivity contribution in [2.45, 2.75) is 25.9 Å². The Morgan fingerprint density at radius 2 is 2.08 bits per heavy atom. The summed E-state index contributed by atoms with van der Waals surface area (Å²) < 4.78 is 11.2. The van der Waals surface area contributed by atoms with Crippen LogP contribution in [0.2, 0.25) is 5.02 Å². The van der Waals surface area contributed by atoms with Gasteiger partial charge in [0, 0.05) is 22.9 Å². The molecule has 0 aliphatic carbocycles. The van der Waals surface area contributed by atoms with E-state index in [9.17, 15) is 4.79 Å². The minimum atomic E-state index is -0.180. The Morgan fingerprint density at radius 3 is 2.75 bits per heavy atom. The smallest absolute Gasteiger partial charge is 0.255 e. The molecule has 0 aromatic heterocycles. The highest BCUT2D eigenvalue weighted by molar-refractivity contribution is 6.31. The van der Waals surface area contributed by atoms with Crippen LogP contribution in [0.1, 0.15) is 28.8 Å². The average Bonchev–Trinajstić information content (AvgIpc) is 3.10. The van der Waals surface area contributed by atoms with Crippen molar-refractivity contribution in [1.29, 1.82) is 0 Å². The number of nitrogens with one attached hydrogen (secondary N) is 1. The third-order valence-electron chi connectivity index (χ3n) is 4.01. The summed E-state index contributed by atoms with van der Waals surface area (Å²) in [5, 5.41) is 3.47. The molecule has 1 saturated heterocycles. The summed E-state index contributed by atoms with van der Waals surface area (Å²) in [7, 11) is 0. The highest BCUT2D eigenvalue weighted by atomic mass is 35.5. The van der Waals surface area contributed by atoms with Gasteiger partial charge < -0.3 is 14.8 Å². The van der Waals surface area contributed by atoms with Crippen molar-refractivity contribution in [3.63, 3.8) is 0 Å². The maximum Gasteiger partial charge on any atom is 0.255 e. The maximum absolute atomic E-state index is 12.3. The molecule has 1 heterocycles. The van der Waals surface area contributed by atoms with Gasteiger partial charge in [-0.2, -0.15) is 0 Å². The monoisotopic (exact) mass is 345 g/mol. The number of anilines is 1. The summed E-state index contributed by atoms with van der Waals surface area (Å²) >= 11 is 6.07. The van der Waals surface area contributed by atoms with E-state index in [1.54, 1.807) is 30.3 Å². The number of amides is 1. The van der Waals surface area contributed by atoms with Gasteiger partial charge in [0.15, 0.2) is 0 Å². The molecule has 0 radical (unpaired) electrons. The van der Waals surface area contributed by atoms with Crippen molar-refractivity contribution in [1.82, 2.24) is 0 Å². The van der Waals surface area contributed by atoms with Gasteiger partial charge >= 0.3 is 0 Å². The zero-order chi connectivity index (χ0) is 16.9. The quantitative estimate of drug-likeness (QED) is 0.870. The molecule has 126 valence electrons. The van der Waals surface area contributed by atoms with Crippen LogP contribution in [0.15, 0.2) is 42.5 Å². The number of carbonyl (C=O) groups is 1. The van der Waals surface area contributed by atoms with Gasteiger partial charge in [0.25, 0.3) is 5.91 Å². The molecule has 0 bridgehead atoms. The fourth-order valence-electron chi connectivity index (χ4n) is 2.54. The van der Waals surface area contributed by atoms with Gasteiger partial charge in [-0.15, -0.1) is 0 Å². The fraction of sp³-hybridized carbons (Fsp3) is 0.316. The summed E-state index contributed by atoms with van der Waals surface area (Å²) in [6.07, 6.45) is 2.31. The number of halogens is 1. The summed E-state index contributed by atoms with van der Waals surface area (Å²) in [4.78, 5) is 12.3. The third kappa shape index (κ3) is 4.28. The number of benzene rings is 2. The van der Waals surface area contributed by atoms with Crippen molar-refractivity contribution in [3.8, 4) is 5.75 Å². The molecule has 1 aliphatic rings. The van der Waals surface area contributed by atoms with Crippen molar-refractivity contribution < 1.29 is 14.3 Å². The second-order valence-electron chi connectivity index (χ2n) is 5.89. The van der Waals surface area contributed by atoms with E-state index in [0.717, 1.165) is 30.8 Å². The molecule has 2 aromatic rings. The molecule has 24 heavy (non-hydrogen) atoms. The largest absolute Gasteiger partial charge is 0.491 e. The third-order valence-corrected chi connectivity index (χ3v) is 4.41. The van der Waals surface area contributed by atoms with Gasteiger partial charge in [-0.25, -0.2) is 0 Å². The van der Waals surface area contributed by atoms with Crippen LogP contribution in [0.3, 0.4) is 0 Å². The summed E-state index contributed by atoms with van der Waals surface area (Å²) in [6, 6.07) is 12.5. The van der Waals surface area contributed by atoms with Crippen LogP contribution in [0.25, 0.3) is 0 Å². The molecule has 1 fully saturated rings. The van der Waals surface area contributed by atoms with E-state index in [1.807, 2.05) is 19.1 Å². The van der Waals surface area contributed by atoms with Gasteiger partial charge in [-0.05, 0) is 61.7 Å². The standard InChI is InChI=1S/C19H20ClNO3/c1-13-4-7-15(11-18(13)20)21-19(22)14-5-8-16(9-6-14)24-12-17-3-2-10-23-17/h4-9,11,17H,2-3,10,12H2,1H3,(H,21,22). The lowest BCUT2D eigenvalue weighted by molar-refractivity contribution is 0.0679. The lowest BCUT2D eigenvalue weighted by Crippen LogP contribution is -2.16. The zero-order valence-corrected chi connectivity index (χ0v) is 14.3. The first-order chi connectivity index (χ1) is 11.6.